The molecule has 3 rings (SSSR count). The standard InChI is InChI=1S/C32H44N6O5S3.ClH/c1-21(12-13-31(44)45)25(22(2)38(20-39)19-24-18-34-23(3)36-32(24)33)15-17-43-30(40)14-16-35-46(41,42)29-11-7-8-26-27(29)9-6-10-28(26)37(4)5;/h6-11,18,20-21,31,35,44-45H,12-17,19H2,1-5H3,(H2,33,34,36);1H. The highest BCUT2D eigenvalue weighted by Gasteiger charge is 2.21. The Morgan fingerprint density at radius 3 is 2.43 bits per heavy atom. The second-order valence-corrected chi connectivity index (χ2v) is 14.7. The maximum absolute atomic E-state index is 13.2. The van der Waals surface area contributed by atoms with Crippen molar-refractivity contribution >= 4 is 82.3 Å². The molecule has 1 atom stereocenters. The molecule has 2 aromatic carbocycles. The Morgan fingerprint density at radius 1 is 1.11 bits per heavy atom. The first kappa shape index (κ1) is 40.1. The molecule has 0 saturated carbocycles. The molecular weight excluding hydrogens is 680 g/mol. The molecule has 0 spiro atoms. The number of rotatable bonds is 17. The van der Waals surface area contributed by atoms with E-state index in [1.807, 2.05) is 51.0 Å². The summed E-state index contributed by atoms with van der Waals surface area (Å²) in [4.78, 5) is 36.8. The Hall–Kier alpha value is -3.04. The molecule has 1 heterocycles. The molecule has 0 bridgehead atoms. The maximum atomic E-state index is 13.2. The molecule has 3 N–H and O–H groups in total. The largest absolute Gasteiger partial charge is 0.465 e. The maximum Gasteiger partial charge on any atom is 0.307 e. The number of nitrogens with one attached hydrogen (secondary N) is 1. The Balaban J connectivity index is 0.00000768. The van der Waals surface area contributed by atoms with Gasteiger partial charge in [0.15, 0.2) is 0 Å². The zero-order valence-corrected chi connectivity index (χ0v) is 30.8. The van der Waals surface area contributed by atoms with Crippen LogP contribution < -0.4 is 15.4 Å². The van der Waals surface area contributed by atoms with Crippen LogP contribution in [0.2, 0.25) is 0 Å². The van der Waals surface area contributed by atoms with E-state index in [9.17, 15) is 18.0 Å². The van der Waals surface area contributed by atoms with Gasteiger partial charge >= 0.3 is 5.97 Å². The predicted octanol–water partition coefficient (Wildman–Crippen LogP) is 5.14. The van der Waals surface area contributed by atoms with Gasteiger partial charge in [-0.2, -0.15) is 25.3 Å². The number of halogens is 1. The SMILES string of the molecule is CC(=C(CCOC(=O)CCNS(=O)(=O)c1cccc2c(N(C)C)cccc12)C(C)CCC(S)S)N(C=O)Cc1cnc(C)nc1N.Cl. The number of carbonyl (C=O) groups excluding carboxylic acids is 2. The van der Waals surface area contributed by atoms with E-state index in [0.717, 1.165) is 35.9 Å². The number of nitrogens with zero attached hydrogens (tertiary/aromatic N) is 4. The number of anilines is 2. The number of carbonyl (C=O) groups is 2. The first-order chi connectivity index (χ1) is 21.7. The van der Waals surface area contributed by atoms with E-state index < -0.39 is 16.0 Å². The van der Waals surface area contributed by atoms with E-state index in [4.69, 9.17) is 10.5 Å². The third-order valence-electron chi connectivity index (χ3n) is 7.72. The summed E-state index contributed by atoms with van der Waals surface area (Å²) in [7, 11) is -0.0948. The Bertz CT molecular complexity index is 1670. The number of esters is 1. The predicted molar refractivity (Wildman–Crippen MR) is 197 cm³/mol. The van der Waals surface area contributed by atoms with Crippen LogP contribution >= 0.6 is 37.7 Å². The van der Waals surface area contributed by atoms with Crippen molar-refractivity contribution in [2.75, 3.05) is 37.9 Å². The number of aromatic nitrogens is 2. The molecule has 11 nitrogen and oxygen atoms in total. The fourth-order valence-corrected chi connectivity index (χ4v) is 6.75. The number of allylic oxidation sites excluding steroid dienone is 1. The number of aryl methyl sites for hydroxylation is 1. The number of sulfonamides is 1. The zero-order valence-electron chi connectivity index (χ0n) is 27.3. The van der Waals surface area contributed by atoms with E-state index >= 15 is 0 Å². The van der Waals surface area contributed by atoms with Crippen LogP contribution in [0.1, 0.15) is 50.9 Å². The fourth-order valence-electron chi connectivity index (χ4n) is 5.20. The minimum atomic E-state index is -3.89. The summed E-state index contributed by atoms with van der Waals surface area (Å²) in [6.07, 6.45) is 4.06. The lowest BCUT2D eigenvalue weighted by molar-refractivity contribution is -0.143. The van der Waals surface area contributed by atoms with Gasteiger partial charge in [-0.05, 0) is 50.3 Å². The lowest BCUT2D eigenvalue weighted by atomic mass is 9.92. The molecule has 0 aliphatic heterocycles. The second-order valence-electron chi connectivity index (χ2n) is 11.3. The zero-order chi connectivity index (χ0) is 34.0. The molecular formula is C32H45ClN6O5S3. The molecule has 47 heavy (non-hydrogen) atoms. The van der Waals surface area contributed by atoms with E-state index in [2.05, 4.69) is 39.9 Å². The number of fused-ring (bicyclic) bond motifs is 1. The molecule has 0 aliphatic rings. The van der Waals surface area contributed by atoms with Crippen LogP contribution in [0.25, 0.3) is 10.8 Å². The lowest BCUT2D eigenvalue weighted by Gasteiger charge is -2.26. The average molecular weight is 725 g/mol. The minimum absolute atomic E-state index is 0. The molecule has 15 heteroatoms. The quantitative estimate of drug-likeness (QED) is 0.0643. The third kappa shape index (κ3) is 11.3. The van der Waals surface area contributed by atoms with Crippen molar-refractivity contribution in [1.29, 1.82) is 0 Å². The van der Waals surface area contributed by atoms with Crippen molar-refractivity contribution in [2.45, 2.75) is 62.5 Å². The molecule has 3 aromatic rings. The first-order valence-corrected chi connectivity index (χ1v) is 17.5. The highest BCUT2D eigenvalue weighted by Crippen LogP contribution is 2.30. The fraction of sp³-hybridized carbons (Fsp3) is 0.438. The van der Waals surface area contributed by atoms with E-state index in [-0.39, 0.29) is 53.9 Å². The Morgan fingerprint density at radius 2 is 1.79 bits per heavy atom. The molecule has 0 fully saturated rings. The lowest BCUT2D eigenvalue weighted by Crippen LogP contribution is -2.27. The number of hydrogen-bond donors (Lipinski definition) is 4. The van der Waals surface area contributed by atoms with Crippen LogP contribution in [-0.4, -0.2) is 67.5 Å². The number of amides is 1. The number of hydrogen-bond acceptors (Lipinski definition) is 11. The van der Waals surface area contributed by atoms with Gasteiger partial charge in [0, 0.05) is 65.6 Å². The molecule has 0 saturated heterocycles. The van der Waals surface area contributed by atoms with Crippen molar-refractivity contribution in [2.24, 2.45) is 5.92 Å². The number of benzene rings is 2. The van der Waals surface area contributed by atoms with Crippen molar-refractivity contribution in [3.8, 4) is 0 Å². The van der Waals surface area contributed by atoms with Crippen LogP contribution in [0.5, 0.6) is 0 Å². The molecule has 0 radical (unpaired) electrons. The highest BCUT2D eigenvalue weighted by atomic mass is 35.5. The Kier molecular flexibility index (Phi) is 15.8. The minimum Gasteiger partial charge on any atom is -0.465 e. The second kappa shape index (κ2) is 18.5. The van der Waals surface area contributed by atoms with Crippen LogP contribution in [0.4, 0.5) is 11.5 Å². The van der Waals surface area contributed by atoms with Crippen LogP contribution in [0.3, 0.4) is 0 Å². The molecule has 258 valence electrons. The van der Waals surface area contributed by atoms with Gasteiger partial charge < -0.3 is 20.3 Å². The molecule has 1 aromatic heterocycles. The third-order valence-corrected chi connectivity index (χ3v) is 9.76. The molecule has 0 aliphatic carbocycles. The number of nitrogens with two attached hydrogens (primary N) is 1. The van der Waals surface area contributed by atoms with Gasteiger partial charge in [-0.1, -0.05) is 31.2 Å². The van der Waals surface area contributed by atoms with Gasteiger partial charge in [0.2, 0.25) is 16.4 Å². The topological polar surface area (TPSA) is 148 Å². The first-order valence-electron chi connectivity index (χ1n) is 14.9. The molecule has 1 amide bonds. The molecule has 1 unspecified atom stereocenters. The number of ether oxygens (including phenoxy) is 1. The van der Waals surface area contributed by atoms with Gasteiger partial charge in [-0.3, -0.25) is 9.59 Å². The summed E-state index contributed by atoms with van der Waals surface area (Å²) in [5.74, 6) is 0.339. The monoisotopic (exact) mass is 724 g/mol. The number of nitrogen functional groups attached to an aromatic ring is 1. The summed E-state index contributed by atoms with van der Waals surface area (Å²) in [5, 5.41) is 1.41. The van der Waals surface area contributed by atoms with Gasteiger partial charge in [0.25, 0.3) is 0 Å². The van der Waals surface area contributed by atoms with Crippen LogP contribution in [-0.2, 0) is 30.9 Å². The van der Waals surface area contributed by atoms with Gasteiger partial charge in [0.1, 0.15) is 11.6 Å². The van der Waals surface area contributed by atoms with E-state index in [1.54, 1.807) is 36.2 Å². The van der Waals surface area contributed by atoms with Gasteiger partial charge in [0.05, 0.1) is 24.5 Å². The van der Waals surface area contributed by atoms with Crippen LogP contribution in [0, 0.1) is 12.8 Å². The van der Waals surface area contributed by atoms with E-state index in [0.29, 0.717) is 34.7 Å². The summed E-state index contributed by atoms with van der Waals surface area (Å²) < 4.78 is 34.3. The smallest absolute Gasteiger partial charge is 0.307 e. The summed E-state index contributed by atoms with van der Waals surface area (Å²) in [5.41, 5.74) is 9.23. The summed E-state index contributed by atoms with van der Waals surface area (Å²) in [6, 6.07) is 10.6. The highest BCUT2D eigenvalue weighted by molar-refractivity contribution is 7.99. The van der Waals surface area contributed by atoms with Crippen molar-refractivity contribution < 1.29 is 22.7 Å². The Labute approximate surface area is 295 Å². The van der Waals surface area contributed by atoms with Gasteiger partial charge in [-0.25, -0.2) is 23.1 Å². The average Bonchev–Trinajstić information content (AvgIpc) is 3.00. The van der Waals surface area contributed by atoms with Crippen molar-refractivity contribution in [3.05, 3.63) is 65.3 Å². The van der Waals surface area contributed by atoms with Gasteiger partial charge in [-0.15, -0.1) is 12.4 Å². The number of thiol groups is 2. The van der Waals surface area contributed by atoms with Crippen LogP contribution in [0.15, 0.2) is 58.8 Å². The van der Waals surface area contributed by atoms with E-state index in [1.165, 1.54) is 0 Å². The normalized spacial score (nSPS) is 12.7. The van der Waals surface area contributed by atoms with Crippen molar-refractivity contribution in [3.63, 3.8) is 0 Å². The summed E-state index contributed by atoms with van der Waals surface area (Å²) >= 11 is 8.75. The van der Waals surface area contributed by atoms with Crippen molar-refractivity contribution in [1.82, 2.24) is 19.6 Å². The summed E-state index contributed by atoms with van der Waals surface area (Å²) in [6.45, 7) is 5.75.